The summed E-state index contributed by atoms with van der Waals surface area (Å²) in [5, 5.41) is 3.30. The summed E-state index contributed by atoms with van der Waals surface area (Å²) in [5.41, 5.74) is 8.09. The Hall–Kier alpha value is -1.50. The lowest BCUT2D eigenvalue weighted by Crippen LogP contribution is -2.51. The SMILES string of the molecule is O=C(CC1CCCCC1)NC1CCN(C2CC(c3cccnc3)NN2)CC1. The number of hydrogen-bond donors (Lipinski definition) is 3. The third kappa shape index (κ3) is 5.06. The van der Waals surface area contributed by atoms with E-state index in [2.05, 4.69) is 32.1 Å². The third-order valence-corrected chi connectivity index (χ3v) is 6.50. The fourth-order valence-electron chi connectivity index (χ4n) is 4.88. The van der Waals surface area contributed by atoms with Gasteiger partial charge in [-0.25, -0.2) is 10.9 Å². The van der Waals surface area contributed by atoms with Crippen molar-refractivity contribution in [1.29, 1.82) is 0 Å². The average molecular weight is 372 g/mol. The molecule has 6 nitrogen and oxygen atoms in total. The van der Waals surface area contributed by atoms with Gasteiger partial charge in [0.1, 0.15) is 0 Å². The molecule has 1 aromatic rings. The van der Waals surface area contributed by atoms with E-state index in [1.165, 1.54) is 37.7 Å². The molecule has 3 aliphatic rings. The van der Waals surface area contributed by atoms with Crippen molar-refractivity contribution in [2.45, 2.75) is 76.0 Å². The monoisotopic (exact) mass is 371 g/mol. The number of nitrogens with zero attached hydrogens (tertiary/aromatic N) is 2. The quantitative estimate of drug-likeness (QED) is 0.742. The average Bonchev–Trinajstić information content (AvgIpc) is 3.20. The standard InChI is InChI=1S/C21H33N5O/c27-21(13-16-5-2-1-3-6-16)23-18-8-11-26(12-9-18)20-14-19(24-25-20)17-7-4-10-22-15-17/h4,7,10,15-16,18-20,24-25H,1-3,5-6,8-9,11-14H2,(H,23,27). The fourth-order valence-corrected chi connectivity index (χ4v) is 4.88. The number of piperidine rings is 1. The first-order valence-electron chi connectivity index (χ1n) is 10.7. The van der Waals surface area contributed by atoms with Gasteiger partial charge in [0, 0.05) is 37.9 Å². The van der Waals surface area contributed by atoms with Crippen LogP contribution in [0.1, 0.15) is 69.4 Å². The maximum absolute atomic E-state index is 12.4. The van der Waals surface area contributed by atoms with E-state index in [-0.39, 0.29) is 5.91 Å². The second kappa shape index (κ2) is 9.13. The Labute approximate surface area is 162 Å². The van der Waals surface area contributed by atoms with Gasteiger partial charge in [-0.3, -0.25) is 14.7 Å². The van der Waals surface area contributed by atoms with E-state index >= 15 is 0 Å². The van der Waals surface area contributed by atoms with Gasteiger partial charge in [0.25, 0.3) is 0 Å². The first-order chi connectivity index (χ1) is 13.3. The van der Waals surface area contributed by atoms with Gasteiger partial charge in [-0.1, -0.05) is 25.3 Å². The second-order valence-corrected chi connectivity index (χ2v) is 8.47. The van der Waals surface area contributed by atoms with Gasteiger partial charge in [0.15, 0.2) is 0 Å². The molecule has 148 valence electrons. The first-order valence-corrected chi connectivity index (χ1v) is 10.7. The number of hydrogen-bond acceptors (Lipinski definition) is 5. The van der Waals surface area contributed by atoms with Crippen molar-refractivity contribution in [2.24, 2.45) is 5.92 Å². The van der Waals surface area contributed by atoms with Gasteiger partial charge in [-0.2, -0.15) is 0 Å². The summed E-state index contributed by atoms with van der Waals surface area (Å²) in [6.07, 6.45) is 14.4. The highest BCUT2D eigenvalue weighted by molar-refractivity contribution is 5.76. The molecule has 1 saturated carbocycles. The minimum absolute atomic E-state index is 0.276. The van der Waals surface area contributed by atoms with Crippen LogP contribution in [0.3, 0.4) is 0 Å². The van der Waals surface area contributed by atoms with Gasteiger partial charge in [-0.15, -0.1) is 0 Å². The van der Waals surface area contributed by atoms with Crippen LogP contribution in [0, 0.1) is 5.92 Å². The smallest absolute Gasteiger partial charge is 0.220 e. The molecule has 6 heteroatoms. The van der Waals surface area contributed by atoms with Crippen LogP contribution in [0.15, 0.2) is 24.5 Å². The maximum Gasteiger partial charge on any atom is 0.220 e. The lowest BCUT2D eigenvalue weighted by molar-refractivity contribution is -0.123. The molecular weight excluding hydrogens is 338 g/mol. The van der Waals surface area contributed by atoms with Crippen LogP contribution in [-0.4, -0.2) is 41.1 Å². The molecule has 2 aliphatic heterocycles. The van der Waals surface area contributed by atoms with E-state index in [4.69, 9.17) is 0 Å². The molecule has 1 amide bonds. The number of amides is 1. The van der Waals surface area contributed by atoms with Crippen LogP contribution in [-0.2, 0) is 4.79 Å². The highest BCUT2D eigenvalue weighted by Crippen LogP contribution is 2.27. The molecule has 3 fully saturated rings. The van der Waals surface area contributed by atoms with Gasteiger partial charge in [-0.05, 0) is 49.7 Å². The molecule has 1 aromatic heterocycles. The minimum Gasteiger partial charge on any atom is -0.353 e. The molecule has 27 heavy (non-hydrogen) atoms. The highest BCUT2D eigenvalue weighted by Gasteiger charge is 2.32. The van der Waals surface area contributed by atoms with Crippen molar-refractivity contribution in [3.05, 3.63) is 30.1 Å². The summed E-state index contributed by atoms with van der Waals surface area (Å²) in [7, 11) is 0. The van der Waals surface area contributed by atoms with E-state index in [0.717, 1.165) is 38.8 Å². The minimum atomic E-state index is 0.276. The predicted octanol–water partition coefficient (Wildman–Crippen LogP) is 2.50. The summed E-state index contributed by atoms with van der Waals surface area (Å²) >= 11 is 0. The molecule has 2 atom stereocenters. The number of likely N-dealkylation sites (tertiary alicyclic amines) is 1. The predicted molar refractivity (Wildman–Crippen MR) is 106 cm³/mol. The van der Waals surface area contributed by atoms with Gasteiger partial charge in [0.05, 0.1) is 12.2 Å². The van der Waals surface area contributed by atoms with Crippen molar-refractivity contribution in [3.8, 4) is 0 Å². The summed E-state index contributed by atoms with van der Waals surface area (Å²) < 4.78 is 0. The Morgan fingerprint density at radius 3 is 2.70 bits per heavy atom. The van der Waals surface area contributed by atoms with Crippen LogP contribution in [0.25, 0.3) is 0 Å². The molecule has 4 rings (SSSR count). The Kier molecular flexibility index (Phi) is 6.37. The number of carbonyl (C=O) groups excluding carboxylic acids is 1. The van der Waals surface area contributed by atoms with Crippen molar-refractivity contribution >= 4 is 5.91 Å². The number of pyridine rings is 1. The molecular formula is C21H33N5O. The lowest BCUT2D eigenvalue weighted by atomic mass is 9.86. The lowest BCUT2D eigenvalue weighted by Gasteiger charge is -2.36. The summed E-state index contributed by atoms with van der Waals surface area (Å²) in [5.74, 6) is 0.898. The zero-order valence-electron chi connectivity index (χ0n) is 16.2. The zero-order valence-corrected chi connectivity index (χ0v) is 16.2. The second-order valence-electron chi connectivity index (χ2n) is 8.47. The number of nitrogens with one attached hydrogen (secondary N) is 3. The molecule has 1 aliphatic carbocycles. The summed E-state index contributed by atoms with van der Waals surface area (Å²) in [6.45, 7) is 2.07. The van der Waals surface area contributed by atoms with E-state index in [0.29, 0.717) is 24.2 Å². The molecule has 2 saturated heterocycles. The Morgan fingerprint density at radius 1 is 1.15 bits per heavy atom. The van der Waals surface area contributed by atoms with Crippen LogP contribution >= 0.6 is 0 Å². The molecule has 0 aromatic carbocycles. The summed E-state index contributed by atoms with van der Waals surface area (Å²) in [4.78, 5) is 19.1. The van der Waals surface area contributed by atoms with E-state index < -0.39 is 0 Å². The zero-order chi connectivity index (χ0) is 18.5. The van der Waals surface area contributed by atoms with Gasteiger partial charge in [0.2, 0.25) is 5.91 Å². The van der Waals surface area contributed by atoms with Crippen molar-refractivity contribution in [3.63, 3.8) is 0 Å². The number of hydrazine groups is 1. The summed E-state index contributed by atoms with van der Waals surface area (Å²) in [6, 6.07) is 4.78. The molecule has 0 spiro atoms. The fraction of sp³-hybridized carbons (Fsp3) is 0.714. The van der Waals surface area contributed by atoms with Gasteiger partial charge >= 0.3 is 0 Å². The van der Waals surface area contributed by atoms with Gasteiger partial charge < -0.3 is 5.32 Å². The van der Waals surface area contributed by atoms with Crippen LogP contribution in [0.5, 0.6) is 0 Å². The van der Waals surface area contributed by atoms with E-state index in [9.17, 15) is 4.79 Å². The number of carbonyl (C=O) groups is 1. The van der Waals surface area contributed by atoms with E-state index in [1.807, 2.05) is 18.5 Å². The van der Waals surface area contributed by atoms with E-state index in [1.54, 1.807) is 0 Å². The molecule has 0 bridgehead atoms. The van der Waals surface area contributed by atoms with Crippen molar-refractivity contribution in [1.82, 2.24) is 26.1 Å². The molecule has 3 N–H and O–H groups in total. The Morgan fingerprint density at radius 2 is 1.96 bits per heavy atom. The molecule has 0 radical (unpaired) electrons. The number of aromatic nitrogens is 1. The Bertz CT molecular complexity index is 596. The normalized spacial score (nSPS) is 28.3. The number of rotatable bonds is 5. The first kappa shape index (κ1) is 18.8. The molecule has 3 heterocycles. The Balaban J connectivity index is 1.18. The largest absolute Gasteiger partial charge is 0.353 e. The van der Waals surface area contributed by atoms with Crippen molar-refractivity contribution in [2.75, 3.05) is 13.1 Å². The third-order valence-electron chi connectivity index (χ3n) is 6.50. The van der Waals surface area contributed by atoms with Crippen LogP contribution < -0.4 is 16.2 Å². The van der Waals surface area contributed by atoms with Crippen molar-refractivity contribution < 1.29 is 4.79 Å². The maximum atomic E-state index is 12.4. The highest BCUT2D eigenvalue weighted by atomic mass is 16.1. The van der Waals surface area contributed by atoms with Crippen LogP contribution in [0.4, 0.5) is 0 Å². The van der Waals surface area contributed by atoms with Crippen LogP contribution in [0.2, 0.25) is 0 Å². The topological polar surface area (TPSA) is 69.3 Å². The molecule has 2 unspecified atom stereocenters.